The summed E-state index contributed by atoms with van der Waals surface area (Å²) in [6.07, 6.45) is 0.564. The van der Waals surface area contributed by atoms with Crippen LogP contribution < -0.4 is 5.32 Å². The lowest BCUT2D eigenvalue weighted by Gasteiger charge is -2.33. The van der Waals surface area contributed by atoms with E-state index < -0.39 is 0 Å². The van der Waals surface area contributed by atoms with Crippen molar-refractivity contribution in [1.29, 1.82) is 0 Å². The first-order valence-electron chi connectivity index (χ1n) is 8.00. The van der Waals surface area contributed by atoms with E-state index in [2.05, 4.69) is 30.4 Å². The van der Waals surface area contributed by atoms with E-state index >= 15 is 0 Å². The zero-order chi connectivity index (χ0) is 16.1. The van der Waals surface area contributed by atoms with E-state index in [9.17, 15) is 0 Å². The van der Waals surface area contributed by atoms with Crippen molar-refractivity contribution < 1.29 is 9.47 Å². The first-order valence-corrected chi connectivity index (χ1v) is 8.38. The van der Waals surface area contributed by atoms with Gasteiger partial charge in [-0.25, -0.2) is 0 Å². The van der Waals surface area contributed by atoms with Gasteiger partial charge in [-0.2, -0.15) is 0 Å². The molecule has 0 amide bonds. The van der Waals surface area contributed by atoms with Gasteiger partial charge in [0.15, 0.2) is 6.29 Å². The van der Waals surface area contributed by atoms with Crippen molar-refractivity contribution >= 4 is 11.6 Å². The summed E-state index contributed by atoms with van der Waals surface area (Å²) in [5.41, 5.74) is 3.55. The molecule has 1 heterocycles. The Morgan fingerprint density at radius 3 is 2.83 bits per heavy atom. The molecule has 4 heteroatoms. The lowest BCUT2D eigenvalue weighted by atomic mass is 10.1. The first kappa shape index (κ1) is 16.5. The van der Waals surface area contributed by atoms with Crippen LogP contribution in [0.2, 0.25) is 5.02 Å². The average Bonchev–Trinajstić information content (AvgIpc) is 2.55. The Morgan fingerprint density at radius 2 is 2.04 bits per heavy atom. The molecule has 0 radical (unpaired) electrons. The molecule has 2 unspecified atom stereocenters. The second-order valence-electron chi connectivity index (χ2n) is 5.84. The molecule has 3 nitrogen and oxygen atoms in total. The van der Waals surface area contributed by atoms with Crippen LogP contribution in [0.3, 0.4) is 0 Å². The van der Waals surface area contributed by atoms with E-state index in [1.165, 1.54) is 16.7 Å². The van der Waals surface area contributed by atoms with E-state index in [1.807, 2.05) is 30.3 Å². The molecule has 0 aliphatic carbocycles. The quantitative estimate of drug-likeness (QED) is 0.901. The van der Waals surface area contributed by atoms with Crippen molar-refractivity contribution in [3.63, 3.8) is 0 Å². The molecule has 0 aromatic heterocycles. The van der Waals surface area contributed by atoms with Crippen LogP contribution >= 0.6 is 11.6 Å². The molecule has 1 saturated heterocycles. The fourth-order valence-electron chi connectivity index (χ4n) is 2.91. The summed E-state index contributed by atoms with van der Waals surface area (Å²) in [6.45, 7) is 4.17. The minimum Gasteiger partial charge on any atom is -0.350 e. The Bertz CT molecular complexity index is 612. The zero-order valence-electron chi connectivity index (χ0n) is 13.3. The van der Waals surface area contributed by atoms with E-state index in [0.717, 1.165) is 18.0 Å². The molecule has 122 valence electrons. The molecule has 0 saturated carbocycles. The number of nitrogens with one attached hydrogen (secondary N) is 1. The molecule has 0 spiro atoms. The van der Waals surface area contributed by atoms with E-state index in [0.29, 0.717) is 13.2 Å². The van der Waals surface area contributed by atoms with Gasteiger partial charge in [-0.05, 0) is 42.2 Å². The summed E-state index contributed by atoms with van der Waals surface area (Å²) in [6, 6.07) is 16.5. The number of benzene rings is 2. The normalized spacial score (nSPS) is 21.3. The highest BCUT2D eigenvalue weighted by atomic mass is 35.5. The number of rotatable bonds is 5. The molecule has 0 bridgehead atoms. The maximum atomic E-state index is 6.11. The van der Waals surface area contributed by atoms with Gasteiger partial charge in [-0.1, -0.05) is 48.0 Å². The first-order chi connectivity index (χ1) is 11.2. The topological polar surface area (TPSA) is 30.5 Å². The van der Waals surface area contributed by atoms with Crippen molar-refractivity contribution in [2.45, 2.75) is 25.7 Å². The van der Waals surface area contributed by atoms with E-state index in [-0.39, 0.29) is 12.3 Å². The fraction of sp³-hybridized carbons (Fsp3) is 0.368. The molecule has 1 N–H and O–H groups in total. The minimum atomic E-state index is -0.258. The second-order valence-corrected chi connectivity index (χ2v) is 6.28. The van der Waals surface area contributed by atoms with Crippen LogP contribution in [0.5, 0.6) is 0 Å². The Balaban J connectivity index is 1.59. The van der Waals surface area contributed by atoms with Gasteiger partial charge in [-0.3, -0.25) is 0 Å². The summed E-state index contributed by atoms with van der Waals surface area (Å²) in [4.78, 5) is 0. The summed E-state index contributed by atoms with van der Waals surface area (Å²) >= 11 is 6.11. The van der Waals surface area contributed by atoms with Crippen LogP contribution in [-0.4, -0.2) is 26.0 Å². The number of hydrogen-bond acceptors (Lipinski definition) is 3. The highest BCUT2D eigenvalue weighted by Gasteiger charge is 2.27. The highest BCUT2D eigenvalue weighted by molar-refractivity contribution is 6.30. The molecule has 2 aromatic rings. The number of aryl methyl sites for hydroxylation is 1. The summed E-state index contributed by atoms with van der Waals surface area (Å²) in [5.74, 6) is 0. The Morgan fingerprint density at radius 1 is 1.22 bits per heavy atom. The fourth-order valence-corrected chi connectivity index (χ4v) is 3.22. The van der Waals surface area contributed by atoms with Crippen LogP contribution in [0.4, 0.5) is 0 Å². The van der Waals surface area contributed by atoms with Crippen LogP contribution in [0.15, 0.2) is 48.5 Å². The zero-order valence-corrected chi connectivity index (χ0v) is 14.1. The lowest BCUT2D eigenvalue weighted by Crippen LogP contribution is -2.43. The molecular weight excluding hydrogens is 310 g/mol. The maximum Gasteiger partial charge on any atom is 0.176 e. The van der Waals surface area contributed by atoms with Crippen molar-refractivity contribution in [2.75, 3.05) is 19.8 Å². The van der Waals surface area contributed by atoms with Crippen molar-refractivity contribution in [3.8, 4) is 0 Å². The average molecular weight is 332 g/mol. The summed E-state index contributed by atoms with van der Waals surface area (Å²) < 4.78 is 11.8. The van der Waals surface area contributed by atoms with Gasteiger partial charge in [0, 0.05) is 11.6 Å². The largest absolute Gasteiger partial charge is 0.350 e. The van der Waals surface area contributed by atoms with E-state index in [1.54, 1.807) is 0 Å². The predicted octanol–water partition coefficient (Wildman–Crippen LogP) is 3.89. The molecule has 1 aliphatic rings. The number of ether oxygens (including phenoxy) is 2. The second kappa shape index (κ2) is 7.93. The van der Waals surface area contributed by atoms with Gasteiger partial charge >= 0.3 is 0 Å². The monoisotopic (exact) mass is 331 g/mol. The van der Waals surface area contributed by atoms with E-state index in [4.69, 9.17) is 21.1 Å². The standard InChI is InChI=1S/C19H22ClNO2/c1-14-11-15(13-17(20)12-14)7-9-22-19-18(21-8-10-23-19)16-5-3-2-4-6-16/h2-6,11-13,18-19,21H,7-10H2,1H3. The maximum absolute atomic E-state index is 6.11. The molecular formula is C19H22ClNO2. The predicted molar refractivity (Wildman–Crippen MR) is 92.8 cm³/mol. The van der Waals surface area contributed by atoms with Crippen LogP contribution in [-0.2, 0) is 15.9 Å². The lowest BCUT2D eigenvalue weighted by molar-refractivity contribution is -0.176. The van der Waals surface area contributed by atoms with Gasteiger partial charge in [0.2, 0.25) is 0 Å². The molecule has 1 aliphatic heterocycles. The number of hydrogen-bond donors (Lipinski definition) is 1. The highest BCUT2D eigenvalue weighted by Crippen LogP contribution is 2.23. The van der Waals surface area contributed by atoms with Crippen LogP contribution in [0.25, 0.3) is 0 Å². The van der Waals surface area contributed by atoms with Gasteiger partial charge in [0.05, 0.1) is 19.3 Å². The Kier molecular flexibility index (Phi) is 5.68. The van der Waals surface area contributed by atoms with Gasteiger partial charge in [-0.15, -0.1) is 0 Å². The van der Waals surface area contributed by atoms with Crippen LogP contribution in [0, 0.1) is 6.92 Å². The van der Waals surface area contributed by atoms with Gasteiger partial charge in [0.25, 0.3) is 0 Å². The smallest absolute Gasteiger partial charge is 0.176 e. The minimum absolute atomic E-state index is 0.0750. The molecule has 1 fully saturated rings. The Labute approximate surface area is 142 Å². The molecule has 2 atom stereocenters. The summed E-state index contributed by atoms with van der Waals surface area (Å²) in [5, 5.41) is 4.26. The van der Waals surface area contributed by atoms with Crippen molar-refractivity contribution in [1.82, 2.24) is 5.32 Å². The SMILES string of the molecule is Cc1cc(Cl)cc(CCOC2OCCNC2c2ccccc2)c1. The third kappa shape index (κ3) is 4.55. The molecule has 2 aromatic carbocycles. The molecule has 23 heavy (non-hydrogen) atoms. The third-order valence-electron chi connectivity index (χ3n) is 3.95. The van der Waals surface area contributed by atoms with Crippen molar-refractivity contribution in [3.05, 3.63) is 70.2 Å². The van der Waals surface area contributed by atoms with Gasteiger partial charge < -0.3 is 14.8 Å². The molecule has 3 rings (SSSR count). The number of halogens is 1. The van der Waals surface area contributed by atoms with Crippen molar-refractivity contribution in [2.24, 2.45) is 0 Å². The van der Waals surface area contributed by atoms with Gasteiger partial charge in [0.1, 0.15) is 0 Å². The van der Waals surface area contributed by atoms with Crippen LogP contribution in [0.1, 0.15) is 22.7 Å². The summed E-state index contributed by atoms with van der Waals surface area (Å²) in [7, 11) is 0. The Hall–Kier alpha value is -1.39. The third-order valence-corrected chi connectivity index (χ3v) is 4.17. The number of morpholine rings is 1.